The molecule has 0 aliphatic heterocycles. The molecule has 0 bridgehead atoms. The highest BCUT2D eigenvalue weighted by Gasteiger charge is 2.11. The zero-order valence-electron chi connectivity index (χ0n) is 15.7. The fraction of sp³-hybridized carbons (Fsp3) is 0.389. The Balaban J connectivity index is 1.78. The molecule has 0 radical (unpaired) electrons. The zero-order chi connectivity index (χ0) is 20.4. The number of carbonyl (C=O) groups excluding carboxylic acids is 3. The predicted octanol–water partition coefficient (Wildman–Crippen LogP) is 3.57. The summed E-state index contributed by atoms with van der Waals surface area (Å²) in [5.41, 5.74) is 1.01. The molecule has 2 aromatic rings. The summed E-state index contributed by atoms with van der Waals surface area (Å²) < 4.78 is 5.51. The van der Waals surface area contributed by atoms with E-state index in [-0.39, 0.29) is 17.6 Å². The molecule has 2 amide bonds. The summed E-state index contributed by atoms with van der Waals surface area (Å²) in [7, 11) is 0. The van der Waals surface area contributed by atoms with Crippen molar-refractivity contribution < 1.29 is 19.1 Å². The Morgan fingerprint density at radius 3 is 2.50 bits per heavy atom. The molecule has 0 atom stereocenters. The number of esters is 1. The van der Waals surface area contributed by atoms with E-state index in [4.69, 9.17) is 4.74 Å². The lowest BCUT2D eigenvalue weighted by Gasteiger charge is -2.06. The number of carbonyl (C=O) groups is 3. The normalized spacial score (nSPS) is 10.4. The van der Waals surface area contributed by atoms with Crippen molar-refractivity contribution in [2.75, 3.05) is 23.0 Å². The molecule has 28 heavy (non-hydrogen) atoms. The molecule has 8 nitrogen and oxygen atoms in total. The van der Waals surface area contributed by atoms with Gasteiger partial charge >= 0.3 is 5.97 Å². The molecular formula is C18H22N4O4S2. The minimum Gasteiger partial charge on any atom is -0.462 e. The average Bonchev–Trinajstić information content (AvgIpc) is 3.13. The first-order chi connectivity index (χ1) is 13.5. The Hall–Kier alpha value is -2.46. The van der Waals surface area contributed by atoms with Crippen LogP contribution in [0, 0.1) is 0 Å². The molecular weight excluding hydrogens is 400 g/mol. The Morgan fingerprint density at radius 1 is 1.07 bits per heavy atom. The molecule has 0 saturated heterocycles. The van der Waals surface area contributed by atoms with E-state index < -0.39 is 5.97 Å². The van der Waals surface area contributed by atoms with Crippen LogP contribution < -0.4 is 10.6 Å². The van der Waals surface area contributed by atoms with E-state index in [9.17, 15) is 14.4 Å². The van der Waals surface area contributed by atoms with Crippen molar-refractivity contribution in [1.82, 2.24) is 10.2 Å². The van der Waals surface area contributed by atoms with Crippen molar-refractivity contribution in [3.63, 3.8) is 0 Å². The first-order valence-electron chi connectivity index (χ1n) is 8.85. The van der Waals surface area contributed by atoms with E-state index in [1.54, 1.807) is 31.2 Å². The number of benzene rings is 1. The van der Waals surface area contributed by atoms with Crippen LogP contribution >= 0.6 is 23.1 Å². The fourth-order valence-electron chi connectivity index (χ4n) is 2.07. The number of unbranched alkanes of at least 4 members (excludes halogenated alkanes) is 1. The van der Waals surface area contributed by atoms with Crippen LogP contribution in [0.25, 0.3) is 0 Å². The molecule has 2 rings (SSSR count). The zero-order valence-corrected chi connectivity index (χ0v) is 17.3. The maximum atomic E-state index is 12.1. The molecule has 0 unspecified atom stereocenters. The van der Waals surface area contributed by atoms with Crippen LogP contribution in [0.5, 0.6) is 0 Å². The highest BCUT2D eigenvalue weighted by molar-refractivity contribution is 8.01. The number of amides is 2. The number of nitrogens with one attached hydrogen (secondary N) is 2. The van der Waals surface area contributed by atoms with Crippen molar-refractivity contribution >= 4 is 51.7 Å². The maximum Gasteiger partial charge on any atom is 0.338 e. The van der Waals surface area contributed by atoms with Crippen molar-refractivity contribution in [2.45, 2.75) is 37.4 Å². The molecule has 1 aromatic heterocycles. The van der Waals surface area contributed by atoms with E-state index >= 15 is 0 Å². The molecule has 1 heterocycles. The van der Waals surface area contributed by atoms with Gasteiger partial charge in [-0.25, -0.2) is 4.79 Å². The third-order valence-corrected chi connectivity index (χ3v) is 5.39. The highest BCUT2D eigenvalue weighted by Crippen LogP contribution is 2.25. The molecule has 0 saturated carbocycles. The minimum absolute atomic E-state index is 0.0847. The van der Waals surface area contributed by atoms with Crippen LogP contribution in [0.15, 0.2) is 28.6 Å². The van der Waals surface area contributed by atoms with Crippen LogP contribution in [-0.2, 0) is 14.3 Å². The molecule has 0 aliphatic rings. The van der Waals surface area contributed by atoms with Gasteiger partial charge in [0, 0.05) is 12.1 Å². The van der Waals surface area contributed by atoms with Crippen molar-refractivity contribution in [3.05, 3.63) is 29.8 Å². The lowest BCUT2D eigenvalue weighted by molar-refractivity contribution is -0.116. The number of rotatable bonds is 10. The first-order valence-corrected chi connectivity index (χ1v) is 10.6. The summed E-state index contributed by atoms with van der Waals surface area (Å²) in [6.45, 7) is 4.07. The maximum absolute atomic E-state index is 12.1. The number of thioether (sulfide) groups is 1. The van der Waals surface area contributed by atoms with Gasteiger partial charge in [-0.3, -0.25) is 9.59 Å². The predicted molar refractivity (Wildman–Crippen MR) is 110 cm³/mol. The van der Waals surface area contributed by atoms with Gasteiger partial charge in [-0.1, -0.05) is 36.4 Å². The number of anilines is 2. The quantitative estimate of drug-likeness (QED) is 0.342. The van der Waals surface area contributed by atoms with Gasteiger partial charge in [0.15, 0.2) is 4.34 Å². The molecule has 0 aliphatic carbocycles. The topological polar surface area (TPSA) is 110 Å². The summed E-state index contributed by atoms with van der Waals surface area (Å²) in [6, 6.07) is 6.48. The third kappa shape index (κ3) is 7.28. The van der Waals surface area contributed by atoms with E-state index in [0.29, 0.717) is 33.7 Å². The van der Waals surface area contributed by atoms with Gasteiger partial charge in [0.1, 0.15) is 0 Å². The van der Waals surface area contributed by atoms with Gasteiger partial charge in [-0.2, -0.15) is 0 Å². The largest absolute Gasteiger partial charge is 0.462 e. The Labute approximate surface area is 171 Å². The van der Waals surface area contributed by atoms with E-state index in [0.717, 1.165) is 12.8 Å². The van der Waals surface area contributed by atoms with Gasteiger partial charge in [0.25, 0.3) is 0 Å². The SMILES string of the molecule is CCCCC(=O)Nc1nnc(SCC(=O)Nc2ccc(C(=O)OCC)cc2)s1. The molecule has 10 heteroatoms. The summed E-state index contributed by atoms with van der Waals surface area (Å²) in [6.07, 6.45) is 2.23. The molecule has 2 N–H and O–H groups in total. The fourth-order valence-corrected chi connectivity index (χ4v) is 3.63. The number of ether oxygens (including phenoxy) is 1. The Morgan fingerprint density at radius 2 is 1.82 bits per heavy atom. The second-order valence-electron chi connectivity index (χ2n) is 5.66. The Bertz CT molecular complexity index is 808. The van der Waals surface area contributed by atoms with Gasteiger partial charge in [0.05, 0.1) is 17.9 Å². The number of aromatic nitrogens is 2. The van der Waals surface area contributed by atoms with Gasteiger partial charge < -0.3 is 15.4 Å². The summed E-state index contributed by atoms with van der Waals surface area (Å²) in [4.78, 5) is 35.4. The summed E-state index contributed by atoms with van der Waals surface area (Å²) in [5, 5.41) is 13.7. The lowest BCUT2D eigenvalue weighted by Crippen LogP contribution is -2.14. The van der Waals surface area contributed by atoms with Crippen molar-refractivity contribution in [1.29, 1.82) is 0 Å². The summed E-state index contributed by atoms with van der Waals surface area (Å²) in [5.74, 6) is -0.543. The molecule has 0 fully saturated rings. The van der Waals surface area contributed by atoms with Crippen LogP contribution in [0.1, 0.15) is 43.5 Å². The second kappa shape index (κ2) is 11.4. The van der Waals surface area contributed by atoms with Gasteiger partial charge in [0.2, 0.25) is 16.9 Å². The average molecular weight is 423 g/mol. The van der Waals surface area contributed by atoms with E-state index in [1.165, 1.54) is 23.1 Å². The molecule has 0 spiro atoms. The second-order valence-corrected chi connectivity index (χ2v) is 7.86. The van der Waals surface area contributed by atoms with Crippen LogP contribution in [-0.4, -0.2) is 40.3 Å². The van der Waals surface area contributed by atoms with Crippen LogP contribution in [0.4, 0.5) is 10.8 Å². The number of nitrogens with zero attached hydrogens (tertiary/aromatic N) is 2. The standard InChI is InChI=1S/C18H22N4O4S2/c1-3-5-6-14(23)20-17-21-22-18(28-17)27-11-15(24)19-13-9-7-12(8-10-13)16(25)26-4-2/h7-10H,3-6,11H2,1-2H3,(H,19,24)(H,20,21,23). The monoisotopic (exact) mass is 422 g/mol. The van der Waals surface area contributed by atoms with Crippen molar-refractivity contribution in [2.24, 2.45) is 0 Å². The number of hydrogen-bond acceptors (Lipinski definition) is 8. The van der Waals surface area contributed by atoms with Crippen LogP contribution in [0.3, 0.4) is 0 Å². The Kier molecular flexibility index (Phi) is 8.89. The van der Waals surface area contributed by atoms with Gasteiger partial charge in [-0.15, -0.1) is 10.2 Å². The smallest absolute Gasteiger partial charge is 0.338 e. The third-order valence-electron chi connectivity index (χ3n) is 3.42. The van der Waals surface area contributed by atoms with Crippen molar-refractivity contribution in [3.8, 4) is 0 Å². The first kappa shape index (κ1) is 21.8. The van der Waals surface area contributed by atoms with Gasteiger partial charge in [-0.05, 0) is 37.6 Å². The van der Waals surface area contributed by atoms with E-state index in [2.05, 4.69) is 20.8 Å². The lowest BCUT2D eigenvalue weighted by atomic mass is 10.2. The highest BCUT2D eigenvalue weighted by atomic mass is 32.2. The minimum atomic E-state index is -0.398. The molecule has 1 aromatic carbocycles. The van der Waals surface area contributed by atoms with Crippen LogP contribution in [0.2, 0.25) is 0 Å². The molecule has 150 valence electrons. The van der Waals surface area contributed by atoms with E-state index in [1.807, 2.05) is 6.92 Å². The summed E-state index contributed by atoms with van der Waals surface area (Å²) >= 11 is 2.47. The number of hydrogen-bond donors (Lipinski definition) is 2.